The number of hydrogen-bond acceptors (Lipinski definition) is 4. The Morgan fingerprint density at radius 3 is 2.85 bits per heavy atom. The maximum atomic E-state index is 6.04. The first-order chi connectivity index (χ1) is 13.2. The molecule has 0 aliphatic carbocycles. The summed E-state index contributed by atoms with van der Waals surface area (Å²) in [6, 6.07) is 15.7. The third-order valence-corrected chi connectivity index (χ3v) is 4.81. The quantitative estimate of drug-likeness (QED) is 0.696. The van der Waals surface area contributed by atoms with Crippen LogP contribution >= 0.6 is 11.6 Å². The molecule has 0 bridgehead atoms. The van der Waals surface area contributed by atoms with Crippen LogP contribution in [0.2, 0.25) is 5.02 Å². The number of benzene rings is 2. The van der Waals surface area contributed by atoms with Crippen LogP contribution in [0.25, 0.3) is 0 Å². The van der Waals surface area contributed by atoms with Gasteiger partial charge in [-0.25, -0.2) is 0 Å². The van der Waals surface area contributed by atoms with E-state index in [0.29, 0.717) is 18.2 Å². The van der Waals surface area contributed by atoms with E-state index in [1.807, 2.05) is 37.4 Å². The van der Waals surface area contributed by atoms with E-state index in [0.717, 1.165) is 40.7 Å². The fraction of sp³-hybridized carbons (Fsp3) is 0.190. The second-order valence-electron chi connectivity index (χ2n) is 6.46. The van der Waals surface area contributed by atoms with E-state index in [9.17, 15) is 0 Å². The zero-order chi connectivity index (χ0) is 18.8. The fourth-order valence-corrected chi connectivity index (χ4v) is 3.44. The maximum Gasteiger partial charge on any atom is 0.130 e. The van der Waals surface area contributed by atoms with E-state index in [1.165, 1.54) is 0 Å². The average Bonchev–Trinajstić information content (AvgIpc) is 3.07. The van der Waals surface area contributed by atoms with Gasteiger partial charge in [-0.1, -0.05) is 17.7 Å². The second kappa shape index (κ2) is 7.47. The Morgan fingerprint density at radius 1 is 1.19 bits per heavy atom. The molecule has 1 aromatic heterocycles. The van der Waals surface area contributed by atoms with Gasteiger partial charge in [0.05, 0.1) is 11.4 Å². The molecule has 3 aromatic rings. The summed E-state index contributed by atoms with van der Waals surface area (Å²) in [5, 5.41) is 0.655. The third kappa shape index (κ3) is 3.56. The van der Waals surface area contributed by atoms with Gasteiger partial charge < -0.3 is 19.9 Å². The number of ether oxygens (including phenoxy) is 1. The predicted molar refractivity (Wildman–Crippen MR) is 111 cm³/mol. The second-order valence-corrected chi connectivity index (χ2v) is 6.90. The van der Waals surface area contributed by atoms with Crippen molar-refractivity contribution in [2.45, 2.75) is 13.5 Å². The molecule has 5 nitrogen and oxygen atoms in total. The van der Waals surface area contributed by atoms with Crippen LogP contribution in [0.15, 0.2) is 59.7 Å². The molecule has 0 saturated heterocycles. The minimum atomic E-state index is 0.591. The molecule has 1 aliphatic heterocycles. The lowest BCUT2D eigenvalue weighted by Gasteiger charge is -2.26. The van der Waals surface area contributed by atoms with Gasteiger partial charge in [-0.05, 0) is 55.0 Å². The van der Waals surface area contributed by atoms with Gasteiger partial charge in [-0.15, -0.1) is 0 Å². The number of rotatable bonds is 5. The van der Waals surface area contributed by atoms with Crippen LogP contribution in [0, 0.1) is 6.92 Å². The molecule has 0 fully saturated rings. The monoisotopic (exact) mass is 380 g/mol. The molecule has 0 unspecified atom stereocenters. The van der Waals surface area contributed by atoms with Gasteiger partial charge in [0, 0.05) is 36.2 Å². The number of hydrogen-bond donors (Lipinski definition) is 1. The summed E-state index contributed by atoms with van der Waals surface area (Å²) in [7, 11) is 0. The number of aryl methyl sites for hydroxylation is 1. The van der Waals surface area contributed by atoms with E-state index in [2.05, 4.69) is 38.9 Å². The van der Waals surface area contributed by atoms with Crippen molar-refractivity contribution in [3.8, 4) is 11.5 Å². The molecule has 4 rings (SSSR count). The van der Waals surface area contributed by atoms with Crippen LogP contribution in [0.1, 0.15) is 11.3 Å². The number of nitrogens with zero attached hydrogens (tertiary/aromatic N) is 3. The topological polar surface area (TPSA) is 55.8 Å². The van der Waals surface area contributed by atoms with Gasteiger partial charge in [-0.2, -0.15) is 0 Å². The minimum absolute atomic E-state index is 0.591. The Balaban J connectivity index is 1.61. The molecular formula is C21H21ClN4O. The van der Waals surface area contributed by atoms with Gasteiger partial charge in [0.25, 0.3) is 0 Å². The van der Waals surface area contributed by atoms with Gasteiger partial charge >= 0.3 is 0 Å². The van der Waals surface area contributed by atoms with Crippen LogP contribution in [0.4, 0.5) is 11.4 Å². The van der Waals surface area contributed by atoms with Crippen LogP contribution in [-0.2, 0) is 6.54 Å². The van der Waals surface area contributed by atoms with Crippen molar-refractivity contribution in [3.05, 3.63) is 71.0 Å². The number of anilines is 2. The van der Waals surface area contributed by atoms with E-state index in [1.54, 1.807) is 6.07 Å². The summed E-state index contributed by atoms with van der Waals surface area (Å²) in [5.41, 5.74) is 10.1. The van der Waals surface area contributed by atoms with Crippen LogP contribution in [0.5, 0.6) is 11.5 Å². The maximum absolute atomic E-state index is 6.04. The van der Waals surface area contributed by atoms with Crippen molar-refractivity contribution in [2.24, 2.45) is 10.7 Å². The Labute approximate surface area is 163 Å². The molecular weight excluding hydrogens is 360 g/mol. The van der Waals surface area contributed by atoms with Crippen molar-refractivity contribution in [3.63, 3.8) is 0 Å². The van der Waals surface area contributed by atoms with Gasteiger partial charge in [0.2, 0.25) is 0 Å². The number of halogens is 1. The molecule has 0 amide bonds. The van der Waals surface area contributed by atoms with Crippen molar-refractivity contribution in [2.75, 3.05) is 18.1 Å². The molecule has 2 heterocycles. The van der Waals surface area contributed by atoms with E-state index in [-0.39, 0.29) is 0 Å². The van der Waals surface area contributed by atoms with Crippen molar-refractivity contribution < 1.29 is 4.74 Å². The summed E-state index contributed by atoms with van der Waals surface area (Å²) in [6.45, 7) is 4.01. The Bertz CT molecular complexity index is 996. The molecule has 27 heavy (non-hydrogen) atoms. The Hall–Kier alpha value is -2.76. The highest BCUT2D eigenvalue weighted by Gasteiger charge is 2.19. The number of aliphatic imine (C=N–C) groups is 1. The van der Waals surface area contributed by atoms with Crippen LogP contribution < -0.4 is 15.4 Å². The van der Waals surface area contributed by atoms with E-state index in [4.69, 9.17) is 22.1 Å². The molecule has 2 N–H and O–H groups in total. The third-order valence-electron chi connectivity index (χ3n) is 4.58. The van der Waals surface area contributed by atoms with E-state index < -0.39 is 0 Å². The fourth-order valence-electron chi connectivity index (χ4n) is 3.26. The minimum Gasteiger partial charge on any atom is -0.457 e. The highest BCUT2D eigenvalue weighted by Crippen LogP contribution is 2.35. The van der Waals surface area contributed by atoms with Crippen molar-refractivity contribution >= 4 is 29.2 Å². The van der Waals surface area contributed by atoms with Gasteiger partial charge in [0.1, 0.15) is 18.2 Å². The normalized spacial score (nSPS) is 12.9. The van der Waals surface area contributed by atoms with Crippen LogP contribution in [0.3, 0.4) is 0 Å². The highest BCUT2D eigenvalue weighted by molar-refractivity contribution is 6.30. The molecule has 1 aliphatic rings. The van der Waals surface area contributed by atoms with E-state index >= 15 is 0 Å². The molecule has 0 spiro atoms. The first-order valence-electron chi connectivity index (χ1n) is 8.86. The summed E-state index contributed by atoms with van der Waals surface area (Å²) in [4.78, 5) is 6.71. The van der Waals surface area contributed by atoms with Crippen molar-refractivity contribution in [1.29, 1.82) is 0 Å². The summed E-state index contributed by atoms with van der Waals surface area (Å²) in [5.74, 6) is 1.53. The first-order valence-corrected chi connectivity index (χ1v) is 9.24. The SMILES string of the molecule is Cc1cc(N2CN=Cc3c2ccn3CCN)ccc1Oc1cccc(Cl)c1. The largest absolute Gasteiger partial charge is 0.457 e. The lowest BCUT2D eigenvalue weighted by molar-refractivity contribution is 0.479. The number of aromatic nitrogens is 1. The summed E-state index contributed by atoms with van der Waals surface area (Å²) in [6.07, 6.45) is 3.98. The Kier molecular flexibility index (Phi) is 4.88. The number of nitrogens with two attached hydrogens (primary N) is 1. The van der Waals surface area contributed by atoms with Crippen LogP contribution in [-0.4, -0.2) is 24.0 Å². The molecule has 0 atom stereocenters. The molecule has 2 aromatic carbocycles. The van der Waals surface area contributed by atoms with Gasteiger partial charge in [-0.3, -0.25) is 4.99 Å². The zero-order valence-electron chi connectivity index (χ0n) is 15.1. The summed E-state index contributed by atoms with van der Waals surface area (Å²) >= 11 is 6.04. The molecule has 6 heteroatoms. The molecule has 0 radical (unpaired) electrons. The molecule has 138 valence electrons. The van der Waals surface area contributed by atoms with Gasteiger partial charge in [0.15, 0.2) is 0 Å². The summed E-state index contributed by atoms with van der Waals surface area (Å²) < 4.78 is 8.12. The predicted octanol–water partition coefficient (Wildman–Crippen LogP) is 4.73. The highest BCUT2D eigenvalue weighted by atomic mass is 35.5. The average molecular weight is 381 g/mol. The zero-order valence-corrected chi connectivity index (χ0v) is 15.9. The Morgan fingerprint density at radius 2 is 2.07 bits per heavy atom. The lowest BCUT2D eigenvalue weighted by atomic mass is 10.1. The first kappa shape index (κ1) is 17.6. The lowest BCUT2D eigenvalue weighted by Crippen LogP contribution is -2.23. The van der Waals surface area contributed by atoms with Crippen molar-refractivity contribution in [1.82, 2.24) is 4.57 Å². The standard InChI is InChI=1S/C21H21ClN4O/c1-15-11-17(5-6-21(15)27-18-4-2-3-16(22)12-18)26-14-24-13-20-19(26)7-9-25(20)10-8-23/h2-7,9,11-13H,8,10,14,23H2,1H3. The molecule has 0 saturated carbocycles. The smallest absolute Gasteiger partial charge is 0.130 e. The number of fused-ring (bicyclic) bond motifs is 1.